The standard InChI is InChI=1S/C21H27N5OS/c1-5-16-6-7-17-19(13-16)28-21(22-17)25-10-8-24(9-11-25)20(27)18-12-15(4)26(23-18)14(2)3/h6-7,12-14H,5,8-11H2,1-4H3. The highest BCUT2D eigenvalue weighted by Crippen LogP contribution is 2.30. The number of rotatable bonds is 4. The zero-order valence-corrected chi connectivity index (χ0v) is 17.8. The van der Waals surface area contributed by atoms with Gasteiger partial charge in [-0.1, -0.05) is 24.3 Å². The van der Waals surface area contributed by atoms with Gasteiger partial charge in [0, 0.05) is 37.9 Å². The summed E-state index contributed by atoms with van der Waals surface area (Å²) in [6.07, 6.45) is 1.04. The van der Waals surface area contributed by atoms with E-state index < -0.39 is 0 Å². The molecule has 0 saturated carbocycles. The van der Waals surface area contributed by atoms with Crippen molar-refractivity contribution in [1.29, 1.82) is 0 Å². The summed E-state index contributed by atoms with van der Waals surface area (Å²) >= 11 is 1.74. The molecular formula is C21H27N5OS. The summed E-state index contributed by atoms with van der Waals surface area (Å²) < 4.78 is 3.15. The molecule has 0 aliphatic carbocycles. The Kier molecular flexibility index (Phi) is 5.10. The molecule has 0 bridgehead atoms. The van der Waals surface area contributed by atoms with Crippen molar-refractivity contribution in [3.63, 3.8) is 0 Å². The summed E-state index contributed by atoms with van der Waals surface area (Å²) in [5.74, 6) is 0.0269. The van der Waals surface area contributed by atoms with Crippen LogP contribution >= 0.6 is 11.3 Å². The van der Waals surface area contributed by atoms with Gasteiger partial charge in [0.15, 0.2) is 10.8 Å². The first-order valence-electron chi connectivity index (χ1n) is 9.96. The lowest BCUT2D eigenvalue weighted by molar-refractivity contribution is 0.0739. The highest BCUT2D eigenvalue weighted by atomic mass is 32.1. The van der Waals surface area contributed by atoms with Crippen LogP contribution in [0.4, 0.5) is 5.13 Å². The van der Waals surface area contributed by atoms with Crippen molar-refractivity contribution in [3.05, 3.63) is 41.2 Å². The highest BCUT2D eigenvalue weighted by Gasteiger charge is 2.26. The fourth-order valence-corrected chi connectivity index (χ4v) is 4.77. The second-order valence-electron chi connectivity index (χ2n) is 7.64. The van der Waals surface area contributed by atoms with Gasteiger partial charge in [0.25, 0.3) is 5.91 Å². The van der Waals surface area contributed by atoms with E-state index in [9.17, 15) is 4.79 Å². The second-order valence-corrected chi connectivity index (χ2v) is 8.65. The molecule has 0 spiro atoms. The topological polar surface area (TPSA) is 54.3 Å². The zero-order valence-electron chi connectivity index (χ0n) is 17.0. The van der Waals surface area contributed by atoms with Crippen LogP contribution in [0.15, 0.2) is 24.3 Å². The minimum atomic E-state index is 0.0269. The zero-order chi connectivity index (χ0) is 19.8. The lowest BCUT2D eigenvalue weighted by atomic mass is 10.2. The van der Waals surface area contributed by atoms with E-state index in [1.807, 2.05) is 22.6 Å². The monoisotopic (exact) mass is 397 g/mol. The van der Waals surface area contributed by atoms with E-state index in [4.69, 9.17) is 4.98 Å². The number of piperazine rings is 1. The van der Waals surface area contributed by atoms with E-state index in [2.05, 4.69) is 49.0 Å². The van der Waals surface area contributed by atoms with Crippen molar-refractivity contribution in [2.24, 2.45) is 0 Å². The number of nitrogens with zero attached hydrogens (tertiary/aromatic N) is 5. The van der Waals surface area contributed by atoms with Crippen molar-refractivity contribution in [3.8, 4) is 0 Å². The molecule has 0 unspecified atom stereocenters. The fourth-order valence-electron chi connectivity index (χ4n) is 3.69. The Labute approximate surface area is 169 Å². The van der Waals surface area contributed by atoms with Crippen molar-refractivity contribution in [2.45, 2.75) is 40.2 Å². The maximum atomic E-state index is 12.9. The molecule has 1 saturated heterocycles. The number of fused-ring (bicyclic) bond motifs is 1. The first-order chi connectivity index (χ1) is 13.5. The van der Waals surface area contributed by atoms with Crippen LogP contribution in [0.1, 0.15) is 48.6 Å². The van der Waals surface area contributed by atoms with Crippen LogP contribution in [-0.2, 0) is 6.42 Å². The van der Waals surface area contributed by atoms with Gasteiger partial charge < -0.3 is 9.80 Å². The normalized spacial score (nSPS) is 15.0. The Balaban J connectivity index is 1.44. The van der Waals surface area contributed by atoms with Gasteiger partial charge in [0.1, 0.15) is 0 Å². The average Bonchev–Trinajstić information content (AvgIpc) is 3.30. The maximum absolute atomic E-state index is 12.9. The molecule has 1 amide bonds. The smallest absolute Gasteiger partial charge is 0.274 e. The van der Waals surface area contributed by atoms with Crippen molar-refractivity contribution in [2.75, 3.05) is 31.1 Å². The van der Waals surface area contributed by atoms with Gasteiger partial charge in [-0.15, -0.1) is 0 Å². The largest absolute Gasteiger partial charge is 0.345 e. The third-order valence-corrected chi connectivity index (χ3v) is 6.40. The van der Waals surface area contributed by atoms with Gasteiger partial charge >= 0.3 is 0 Å². The van der Waals surface area contributed by atoms with Gasteiger partial charge in [-0.2, -0.15) is 5.10 Å². The predicted molar refractivity (Wildman–Crippen MR) is 114 cm³/mol. The molecule has 1 aliphatic rings. The van der Waals surface area contributed by atoms with Gasteiger partial charge in [-0.05, 0) is 51.0 Å². The summed E-state index contributed by atoms with van der Waals surface area (Å²) in [5, 5.41) is 5.56. The Bertz CT molecular complexity index is 998. The first kappa shape index (κ1) is 18.9. The SMILES string of the molecule is CCc1ccc2nc(N3CCN(C(=O)c4cc(C)n(C(C)C)n4)CC3)sc2c1. The maximum Gasteiger partial charge on any atom is 0.274 e. The highest BCUT2D eigenvalue weighted by molar-refractivity contribution is 7.22. The van der Waals surface area contributed by atoms with Crippen LogP contribution in [0.25, 0.3) is 10.2 Å². The summed E-state index contributed by atoms with van der Waals surface area (Å²) in [6.45, 7) is 11.3. The van der Waals surface area contributed by atoms with Crippen LogP contribution in [0.2, 0.25) is 0 Å². The molecule has 0 N–H and O–H groups in total. The van der Waals surface area contributed by atoms with Crippen LogP contribution < -0.4 is 4.90 Å². The van der Waals surface area contributed by atoms with Crippen LogP contribution in [0.5, 0.6) is 0 Å². The average molecular weight is 398 g/mol. The number of hydrogen-bond donors (Lipinski definition) is 0. The lowest BCUT2D eigenvalue weighted by Crippen LogP contribution is -2.48. The van der Waals surface area contributed by atoms with E-state index >= 15 is 0 Å². The molecule has 0 atom stereocenters. The molecule has 7 heteroatoms. The van der Waals surface area contributed by atoms with Crippen LogP contribution in [-0.4, -0.2) is 51.8 Å². The summed E-state index contributed by atoms with van der Waals surface area (Å²) in [4.78, 5) is 21.9. The number of carbonyl (C=O) groups is 1. The molecule has 3 heterocycles. The number of benzene rings is 1. The van der Waals surface area contributed by atoms with Crippen molar-refractivity contribution < 1.29 is 4.79 Å². The summed E-state index contributed by atoms with van der Waals surface area (Å²) in [6, 6.07) is 8.66. The fraction of sp³-hybridized carbons (Fsp3) is 0.476. The summed E-state index contributed by atoms with van der Waals surface area (Å²) in [5.41, 5.74) is 3.98. The number of aromatic nitrogens is 3. The number of thiazole rings is 1. The number of aryl methyl sites for hydroxylation is 2. The Hall–Kier alpha value is -2.41. The number of amides is 1. The van der Waals surface area contributed by atoms with E-state index in [1.165, 1.54) is 10.3 Å². The Morgan fingerprint density at radius 2 is 1.93 bits per heavy atom. The molecule has 3 aromatic rings. The molecule has 28 heavy (non-hydrogen) atoms. The quantitative estimate of drug-likeness (QED) is 0.670. The number of carbonyl (C=O) groups excluding carboxylic acids is 1. The third-order valence-electron chi connectivity index (χ3n) is 5.32. The minimum Gasteiger partial charge on any atom is -0.345 e. The van der Waals surface area contributed by atoms with Gasteiger partial charge in [-0.25, -0.2) is 4.98 Å². The molecule has 6 nitrogen and oxygen atoms in total. The molecule has 1 fully saturated rings. The third kappa shape index (κ3) is 3.51. The lowest BCUT2D eigenvalue weighted by Gasteiger charge is -2.34. The van der Waals surface area contributed by atoms with Crippen molar-refractivity contribution in [1.82, 2.24) is 19.7 Å². The molecule has 4 rings (SSSR count). The van der Waals surface area contributed by atoms with Gasteiger partial charge in [0.2, 0.25) is 0 Å². The molecule has 148 valence electrons. The molecule has 1 aromatic carbocycles. The van der Waals surface area contributed by atoms with Crippen LogP contribution in [0.3, 0.4) is 0 Å². The van der Waals surface area contributed by atoms with Gasteiger partial charge in [0.05, 0.1) is 10.2 Å². The van der Waals surface area contributed by atoms with Gasteiger partial charge in [-0.3, -0.25) is 9.48 Å². The number of hydrogen-bond acceptors (Lipinski definition) is 5. The Morgan fingerprint density at radius 1 is 1.18 bits per heavy atom. The van der Waals surface area contributed by atoms with E-state index in [1.54, 1.807) is 11.3 Å². The minimum absolute atomic E-state index is 0.0269. The number of anilines is 1. The molecule has 0 radical (unpaired) electrons. The van der Waals surface area contributed by atoms with Crippen molar-refractivity contribution >= 4 is 32.6 Å². The first-order valence-corrected chi connectivity index (χ1v) is 10.8. The summed E-state index contributed by atoms with van der Waals surface area (Å²) in [7, 11) is 0. The molecule has 2 aromatic heterocycles. The van der Waals surface area contributed by atoms with Crippen LogP contribution in [0, 0.1) is 6.92 Å². The van der Waals surface area contributed by atoms with E-state index in [-0.39, 0.29) is 11.9 Å². The van der Waals surface area contributed by atoms with E-state index in [0.717, 1.165) is 35.9 Å². The van der Waals surface area contributed by atoms with E-state index in [0.29, 0.717) is 18.8 Å². The predicted octanol–water partition coefficient (Wildman–Crippen LogP) is 3.91. The second kappa shape index (κ2) is 7.54. The molecule has 1 aliphatic heterocycles. The Morgan fingerprint density at radius 3 is 2.57 bits per heavy atom. The molecular weight excluding hydrogens is 370 g/mol.